The van der Waals surface area contributed by atoms with Crippen LogP contribution < -0.4 is 11.5 Å². The highest BCUT2D eigenvalue weighted by Crippen LogP contribution is 2.45. The van der Waals surface area contributed by atoms with Crippen LogP contribution in [0, 0.1) is 13.8 Å². The minimum atomic E-state index is -0.490. The molecule has 0 unspecified atom stereocenters. The van der Waals surface area contributed by atoms with Crippen LogP contribution in [0.25, 0.3) is 11.6 Å². The van der Waals surface area contributed by atoms with Gasteiger partial charge in [0.15, 0.2) is 11.6 Å². The summed E-state index contributed by atoms with van der Waals surface area (Å²) in [7, 11) is 0. The summed E-state index contributed by atoms with van der Waals surface area (Å²) in [6, 6.07) is 16.6. The van der Waals surface area contributed by atoms with Gasteiger partial charge in [0, 0.05) is 29.4 Å². The van der Waals surface area contributed by atoms with Gasteiger partial charge < -0.3 is 11.5 Å². The van der Waals surface area contributed by atoms with Gasteiger partial charge in [0.05, 0.1) is 21.4 Å². The summed E-state index contributed by atoms with van der Waals surface area (Å²) >= 11 is 13.2. The number of halogens is 2. The lowest BCUT2D eigenvalue weighted by Gasteiger charge is -2.21. The summed E-state index contributed by atoms with van der Waals surface area (Å²) in [4.78, 5) is 8.81. The Morgan fingerprint density at radius 3 is 1.69 bits per heavy atom. The topological polar surface area (TPSA) is 113 Å². The fourth-order valence-electron chi connectivity index (χ4n) is 4.33. The average Bonchev–Trinajstić information content (AvgIpc) is 3.33. The van der Waals surface area contributed by atoms with E-state index < -0.39 is 5.92 Å². The molecule has 0 saturated heterocycles. The third-order valence-electron chi connectivity index (χ3n) is 5.89. The second-order valence-electron chi connectivity index (χ2n) is 8.04. The monoisotopic (exact) mass is 504 g/mol. The van der Waals surface area contributed by atoms with Gasteiger partial charge in [-0.25, -0.2) is 9.97 Å². The molecule has 5 aromatic rings. The molecule has 35 heavy (non-hydrogen) atoms. The van der Waals surface area contributed by atoms with Crippen LogP contribution in [-0.2, 0) is 0 Å². The maximum absolute atomic E-state index is 6.75. The molecule has 10 heteroatoms. The number of aromatic nitrogens is 6. The maximum Gasteiger partial charge on any atom is 0.155 e. The van der Waals surface area contributed by atoms with Gasteiger partial charge in [-0.2, -0.15) is 19.6 Å². The quantitative estimate of drug-likeness (QED) is 0.343. The number of rotatable bonds is 5. The van der Waals surface area contributed by atoms with E-state index in [2.05, 4.69) is 9.97 Å². The minimum Gasteiger partial charge on any atom is -0.383 e. The van der Waals surface area contributed by atoms with Crippen molar-refractivity contribution in [2.24, 2.45) is 0 Å². The number of pyridine rings is 2. The molecule has 0 atom stereocenters. The molecule has 0 radical (unpaired) electrons. The Balaban J connectivity index is 1.79. The standard InChI is InChI=1S/C25H22Cl2N8/c1-14-20(24(28)34(32-14)18-10-3-5-12-30-18)22(16-8-7-9-17(26)23(16)27)21-15(2)33-35(25(21)29)19-11-4-6-13-31-19/h3-13,22H,28-29H2,1-2H3. The Labute approximate surface area is 212 Å². The average molecular weight is 505 g/mol. The van der Waals surface area contributed by atoms with E-state index in [1.165, 1.54) is 0 Å². The number of nitrogen functional groups attached to an aromatic ring is 2. The van der Waals surface area contributed by atoms with Gasteiger partial charge in [0.25, 0.3) is 0 Å². The van der Waals surface area contributed by atoms with Crippen molar-refractivity contribution >= 4 is 34.8 Å². The molecule has 4 N–H and O–H groups in total. The Hall–Kier alpha value is -3.88. The van der Waals surface area contributed by atoms with Crippen molar-refractivity contribution < 1.29 is 0 Å². The first-order valence-corrected chi connectivity index (χ1v) is 11.6. The highest BCUT2D eigenvalue weighted by molar-refractivity contribution is 6.42. The van der Waals surface area contributed by atoms with E-state index in [9.17, 15) is 0 Å². The van der Waals surface area contributed by atoms with Gasteiger partial charge in [-0.1, -0.05) is 47.5 Å². The van der Waals surface area contributed by atoms with Crippen LogP contribution >= 0.6 is 23.2 Å². The highest BCUT2D eigenvalue weighted by Gasteiger charge is 2.33. The predicted molar refractivity (Wildman–Crippen MR) is 138 cm³/mol. The number of hydrogen-bond acceptors (Lipinski definition) is 6. The number of nitrogens with two attached hydrogens (primary N) is 2. The summed E-state index contributed by atoms with van der Waals surface area (Å²) in [5, 5.41) is 10.2. The lowest BCUT2D eigenvalue weighted by atomic mass is 9.84. The fourth-order valence-corrected chi connectivity index (χ4v) is 4.75. The van der Waals surface area contributed by atoms with Crippen LogP contribution in [0.5, 0.6) is 0 Å². The van der Waals surface area contributed by atoms with E-state index in [-0.39, 0.29) is 0 Å². The molecule has 0 aliphatic carbocycles. The molecule has 8 nitrogen and oxygen atoms in total. The van der Waals surface area contributed by atoms with E-state index in [1.54, 1.807) is 27.8 Å². The highest BCUT2D eigenvalue weighted by atomic mass is 35.5. The lowest BCUT2D eigenvalue weighted by Crippen LogP contribution is -2.12. The second-order valence-corrected chi connectivity index (χ2v) is 8.83. The van der Waals surface area contributed by atoms with Gasteiger partial charge in [0.1, 0.15) is 11.6 Å². The van der Waals surface area contributed by atoms with Crippen molar-refractivity contribution in [3.8, 4) is 11.6 Å². The number of hydrogen-bond donors (Lipinski definition) is 2. The summed E-state index contributed by atoms with van der Waals surface area (Å²) < 4.78 is 3.23. The Morgan fingerprint density at radius 1 is 0.714 bits per heavy atom. The van der Waals surface area contributed by atoms with E-state index in [4.69, 9.17) is 44.9 Å². The summed E-state index contributed by atoms with van der Waals surface area (Å²) in [5.41, 5.74) is 17.1. The Bertz CT molecular complexity index is 1420. The molecule has 0 spiro atoms. The zero-order valence-corrected chi connectivity index (χ0v) is 20.5. The summed E-state index contributed by atoms with van der Waals surface area (Å²) in [5.74, 6) is 1.56. The van der Waals surface area contributed by atoms with Crippen LogP contribution in [-0.4, -0.2) is 29.5 Å². The Morgan fingerprint density at radius 2 is 1.23 bits per heavy atom. The fraction of sp³-hybridized carbons (Fsp3) is 0.120. The van der Waals surface area contributed by atoms with Crippen molar-refractivity contribution in [2.75, 3.05) is 11.5 Å². The first kappa shape index (κ1) is 22.9. The van der Waals surface area contributed by atoms with Gasteiger partial charge in [-0.15, -0.1) is 0 Å². The smallest absolute Gasteiger partial charge is 0.155 e. The van der Waals surface area contributed by atoms with Gasteiger partial charge in [-0.05, 0) is 49.7 Å². The number of nitrogens with zero attached hydrogens (tertiary/aromatic N) is 6. The van der Waals surface area contributed by atoms with Gasteiger partial charge in [-0.3, -0.25) is 0 Å². The molecular weight excluding hydrogens is 483 g/mol. The van der Waals surface area contributed by atoms with Crippen LogP contribution in [0.3, 0.4) is 0 Å². The normalized spacial score (nSPS) is 11.3. The van der Waals surface area contributed by atoms with E-state index >= 15 is 0 Å². The molecule has 0 fully saturated rings. The van der Waals surface area contributed by atoms with Crippen LogP contribution in [0.15, 0.2) is 67.0 Å². The zero-order valence-electron chi connectivity index (χ0n) is 19.0. The predicted octanol–water partition coefficient (Wildman–Crippen LogP) is 5.12. The zero-order chi connectivity index (χ0) is 24.7. The van der Waals surface area contributed by atoms with E-state index in [0.717, 1.165) is 16.7 Å². The molecule has 4 aromatic heterocycles. The van der Waals surface area contributed by atoms with Crippen LogP contribution in [0.1, 0.15) is 34.0 Å². The molecule has 0 bridgehead atoms. The van der Waals surface area contributed by atoms with Gasteiger partial charge >= 0.3 is 0 Å². The van der Waals surface area contributed by atoms with Crippen molar-refractivity contribution in [3.63, 3.8) is 0 Å². The lowest BCUT2D eigenvalue weighted by molar-refractivity contribution is 0.841. The molecule has 0 aliphatic rings. The van der Waals surface area contributed by atoms with E-state index in [0.29, 0.717) is 44.7 Å². The third kappa shape index (κ3) is 3.90. The molecule has 0 amide bonds. The molecule has 4 heterocycles. The van der Waals surface area contributed by atoms with E-state index in [1.807, 2.05) is 62.4 Å². The molecule has 176 valence electrons. The van der Waals surface area contributed by atoms with Crippen molar-refractivity contribution in [1.29, 1.82) is 0 Å². The molecule has 0 saturated carbocycles. The van der Waals surface area contributed by atoms with Crippen LogP contribution in [0.2, 0.25) is 10.0 Å². The third-order valence-corrected chi connectivity index (χ3v) is 6.72. The summed E-state index contributed by atoms with van der Waals surface area (Å²) in [6.07, 6.45) is 3.38. The molecular formula is C25H22Cl2N8. The summed E-state index contributed by atoms with van der Waals surface area (Å²) in [6.45, 7) is 3.79. The number of anilines is 2. The van der Waals surface area contributed by atoms with Gasteiger partial charge in [0.2, 0.25) is 0 Å². The van der Waals surface area contributed by atoms with Crippen molar-refractivity contribution in [3.05, 3.63) is 105 Å². The number of aryl methyl sites for hydroxylation is 2. The SMILES string of the molecule is Cc1nn(-c2ccccn2)c(N)c1C(c1cccc(Cl)c1Cl)c1c(C)nn(-c2ccccn2)c1N. The molecule has 1 aromatic carbocycles. The second kappa shape index (κ2) is 9.05. The number of benzene rings is 1. The first-order chi connectivity index (χ1) is 16.9. The van der Waals surface area contributed by atoms with Crippen molar-refractivity contribution in [2.45, 2.75) is 19.8 Å². The van der Waals surface area contributed by atoms with Crippen LogP contribution in [0.4, 0.5) is 11.6 Å². The maximum atomic E-state index is 6.75. The van der Waals surface area contributed by atoms with Crippen molar-refractivity contribution in [1.82, 2.24) is 29.5 Å². The Kier molecular flexibility index (Phi) is 5.92. The minimum absolute atomic E-state index is 0.410. The first-order valence-electron chi connectivity index (χ1n) is 10.8. The largest absolute Gasteiger partial charge is 0.383 e. The molecule has 5 rings (SSSR count). The molecule has 0 aliphatic heterocycles.